The minimum absolute atomic E-state index is 0.168. The molecule has 3 N–H and O–H groups in total. The number of aromatic hydroxyl groups is 1. The van der Waals surface area contributed by atoms with E-state index in [9.17, 15) is 23.1 Å². The second-order valence-corrected chi connectivity index (χ2v) is 5.66. The van der Waals surface area contributed by atoms with Crippen molar-refractivity contribution in [2.24, 2.45) is 5.92 Å². The fourth-order valence-electron chi connectivity index (χ4n) is 2.07. The van der Waals surface area contributed by atoms with Crippen LogP contribution in [0.3, 0.4) is 0 Å². The van der Waals surface area contributed by atoms with Crippen LogP contribution in [0.2, 0.25) is 0 Å². The third-order valence-corrected chi connectivity index (χ3v) is 2.86. The van der Waals surface area contributed by atoms with Crippen molar-refractivity contribution in [1.29, 1.82) is 0 Å². The zero-order valence-electron chi connectivity index (χ0n) is 12.0. The summed E-state index contributed by atoms with van der Waals surface area (Å²) in [6.07, 6.45) is 0.388. The maximum atomic E-state index is 13.5. The lowest BCUT2D eigenvalue weighted by Gasteiger charge is -2.25. The van der Waals surface area contributed by atoms with Crippen LogP contribution in [0.5, 0.6) is 5.75 Å². The van der Waals surface area contributed by atoms with Crippen molar-refractivity contribution in [3.05, 3.63) is 29.1 Å². The quantitative estimate of drug-likeness (QED) is 0.731. The summed E-state index contributed by atoms with van der Waals surface area (Å²) < 4.78 is 39.6. The zero-order chi connectivity index (χ0) is 16.4. The number of carbonyl (C=O) groups is 1. The van der Waals surface area contributed by atoms with Crippen molar-refractivity contribution < 1.29 is 28.2 Å². The third-order valence-electron chi connectivity index (χ3n) is 2.86. The number of rotatable bonds is 5. The van der Waals surface area contributed by atoms with Crippen molar-refractivity contribution in [1.82, 2.24) is 5.32 Å². The van der Waals surface area contributed by atoms with Crippen LogP contribution < -0.4 is 5.32 Å². The van der Waals surface area contributed by atoms with Crippen LogP contribution in [0.1, 0.15) is 37.6 Å². The number of hydrogen-bond acceptors (Lipinski definition) is 3. The summed E-state index contributed by atoms with van der Waals surface area (Å²) in [4.78, 5) is 11.8. The van der Waals surface area contributed by atoms with Gasteiger partial charge >= 0.3 is 0 Å². The molecule has 0 fully saturated rings. The van der Waals surface area contributed by atoms with E-state index in [-0.39, 0.29) is 12.5 Å². The van der Waals surface area contributed by atoms with Gasteiger partial charge in [-0.2, -0.15) is 4.39 Å². The molecule has 1 unspecified atom stereocenters. The minimum Gasteiger partial charge on any atom is -0.503 e. The number of carbonyl (C=O) groups excluding carboxylic acids is 1. The van der Waals surface area contributed by atoms with Crippen LogP contribution in [0.15, 0.2) is 6.07 Å². The van der Waals surface area contributed by atoms with E-state index in [1.54, 1.807) is 0 Å². The van der Waals surface area contributed by atoms with Gasteiger partial charge in [-0.25, -0.2) is 8.78 Å². The Hall–Kier alpha value is -1.76. The van der Waals surface area contributed by atoms with E-state index in [2.05, 4.69) is 5.32 Å². The van der Waals surface area contributed by atoms with Crippen LogP contribution in [0.25, 0.3) is 0 Å². The number of amides is 1. The van der Waals surface area contributed by atoms with E-state index < -0.39 is 40.3 Å². The fourth-order valence-corrected chi connectivity index (χ4v) is 2.07. The molecule has 0 spiro atoms. The van der Waals surface area contributed by atoms with E-state index in [1.165, 1.54) is 6.92 Å². The van der Waals surface area contributed by atoms with Crippen molar-refractivity contribution in [3.63, 3.8) is 0 Å². The smallest absolute Gasteiger partial charge is 0.254 e. The molecular weight excluding hydrogens is 287 g/mol. The highest BCUT2D eigenvalue weighted by atomic mass is 19.2. The summed E-state index contributed by atoms with van der Waals surface area (Å²) in [5.74, 6) is -7.26. The molecule has 7 heteroatoms. The maximum Gasteiger partial charge on any atom is 0.254 e. The highest BCUT2D eigenvalue weighted by Crippen LogP contribution is 2.26. The largest absolute Gasteiger partial charge is 0.503 e. The number of aliphatic hydroxyl groups is 1. The molecule has 1 rings (SSSR count). The summed E-state index contributed by atoms with van der Waals surface area (Å²) in [7, 11) is 0. The molecule has 0 saturated carbocycles. The van der Waals surface area contributed by atoms with Gasteiger partial charge in [0.15, 0.2) is 17.4 Å². The lowest BCUT2D eigenvalue weighted by molar-refractivity contribution is 0.0367. The van der Waals surface area contributed by atoms with Crippen molar-refractivity contribution in [2.45, 2.75) is 32.8 Å². The van der Waals surface area contributed by atoms with E-state index in [4.69, 9.17) is 5.11 Å². The van der Waals surface area contributed by atoms with Gasteiger partial charge in [-0.15, -0.1) is 0 Å². The molecule has 0 aliphatic rings. The van der Waals surface area contributed by atoms with Gasteiger partial charge in [0.2, 0.25) is 5.82 Å². The lowest BCUT2D eigenvalue weighted by Crippen LogP contribution is -2.41. The average molecular weight is 305 g/mol. The molecule has 0 aliphatic carbocycles. The van der Waals surface area contributed by atoms with Gasteiger partial charge in [0.1, 0.15) is 0 Å². The predicted octanol–water partition coefficient (Wildman–Crippen LogP) is 2.34. The molecule has 0 saturated heterocycles. The van der Waals surface area contributed by atoms with Crippen LogP contribution >= 0.6 is 0 Å². The van der Waals surface area contributed by atoms with Crippen molar-refractivity contribution >= 4 is 5.91 Å². The van der Waals surface area contributed by atoms with Crippen molar-refractivity contribution in [2.75, 3.05) is 6.54 Å². The molecule has 1 aromatic rings. The molecule has 118 valence electrons. The third kappa shape index (κ3) is 4.35. The molecule has 1 aromatic carbocycles. The van der Waals surface area contributed by atoms with Gasteiger partial charge in [-0.05, 0) is 25.3 Å². The molecule has 0 radical (unpaired) electrons. The Morgan fingerprint density at radius 3 is 2.43 bits per heavy atom. The second-order valence-electron chi connectivity index (χ2n) is 5.66. The highest BCUT2D eigenvalue weighted by molar-refractivity contribution is 5.95. The first-order valence-corrected chi connectivity index (χ1v) is 6.42. The molecule has 21 heavy (non-hydrogen) atoms. The standard InChI is InChI=1S/C14H18F3NO3/c1-7(2)5-14(3,21)6-18-13(20)8-4-9(15)11(17)12(19)10(8)16/h4,7,19,21H,5-6H2,1-3H3,(H,18,20). The zero-order valence-corrected chi connectivity index (χ0v) is 12.0. The molecule has 1 atom stereocenters. The number of nitrogens with one attached hydrogen (secondary N) is 1. The molecule has 0 bridgehead atoms. The monoisotopic (exact) mass is 305 g/mol. The molecular formula is C14H18F3NO3. The minimum atomic E-state index is -1.75. The van der Waals surface area contributed by atoms with E-state index in [0.29, 0.717) is 12.5 Å². The highest BCUT2D eigenvalue weighted by Gasteiger charge is 2.26. The summed E-state index contributed by atoms with van der Waals surface area (Å²) in [6, 6.07) is 0.358. The van der Waals surface area contributed by atoms with Gasteiger partial charge in [0.25, 0.3) is 5.91 Å². The normalized spacial score (nSPS) is 14.1. The van der Waals surface area contributed by atoms with E-state index in [0.717, 1.165) is 0 Å². The molecule has 1 amide bonds. The molecule has 0 heterocycles. The molecule has 4 nitrogen and oxygen atoms in total. The number of benzene rings is 1. The molecule has 0 aromatic heterocycles. The molecule has 0 aliphatic heterocycles. The van der Waals surface area contributed by atoms with Gasteiger partial charge < -0.3 is 15.5 Å². The van der Waals surface area contributed by atoms with Gasteiger partial charge in [-0.1, -0.05) is 13.8 Å². The number of phenolic OH excluding ortho intramolecular Hbond substituents is 1. The second kappa shape index (κ2) is 6.34. The summed E-state index contributed by atoms with van der Waals surface area (Å²) >= 11 is 0. The van der Waals surface area contributed by atoms with Crippen LogP contribution in [-0.2, 0) is 0 Å². The number of phenols is 1. The first-order valence-electron chi connectivity index (χ1n) is 6.42. The Morgan fingerprint density at radius 2 is 1.90 bits per heavy atom. The summed E-state index contributed by atoms with van der Waals surface area (Å²) in [5, 5.41) is 21.3. The van der Waals surface area contributed by atoms with Crippen molar-refractivity contribution in [3.8, 4) is 5.75 Å². The van der Waals surface area contributed by atoms with Crippen LogP contribution in [-0.4, -0.2) is 28.3 Å². The van der Waals surface area contributed by atoms with E-state index in [1.807, 2.05) is 13.8 Å². The summed E-state index contributed by atoms with van der Waals surface area (Å²) in [5.41, 5.74) is -2.05. The summed E-state index contributed by atoms with van der Waals surface area (Å²) in [6.45, 7) is 5.06. The van der Waals surface area contributed by atoms with Crippen LogP contribution in [0, 0.1) is 23.4 Å². The number of hydrogen-bond donors (Lipinski definition) is 3. The lowest BCUT2D eigenvalue weighted by atomic mass is 9.94. The first kappa shape index (κ1) is 17.3. The van der Waals surface area contributed by atoms with Gasteiger partial charge in [0.05, 0.1) is 11.2 Å². The van der Waals surface area contributed by atoms with E-state index >= 15 is 0 Å². The average Bonchev–Trinajstić information content (AvgIpc) is 2.36. The Morgan fingerprint density at radius 1 is 1.33 bits per heavy atom. The Bertz CT molecular complexity index is 545. The maximum absolute atomic E-state index is 13.5. The Kier molecular flexibility index (Phi) is 5.22. The van der Waals surface area contributed by atoms with Gasteiger partial charge in [0, 0.05) is 6.54 Å². The van der Waals surface area contributed by atoms with Crippen LogP contribution in [0.4, 0.5) is 13.2 Å². The predicted molar refractivity (Wildman–Crippen MR) is 70.4 cm³/mol. The topological polar surface area (TPSA) is 69.6 Å². The fraction of sp³-hybridized carbons (Fsp3) is 0.500. The van der Waals surface area contributed by atoms with Gasteiger partial charge in [-0.3, -0.25) is 4.79 Å². The SMILES string of the molecule is CC(C)CC(C)(O)CNC(=O)c1cc(F)c(F)c(O)c1F. The Balaban J connectivity index is 2.87. The Labute approximate surface area is 120 Å². The number of halogens is 3. The first-order chi connectivity index (χ1) is 9.55.